The highest BCUT2D eigenvalue weighted by Gasteiger charge is 2.29. The number of hydrogen-bond donors (Lipinski definition) is 1. The van der Waals surface area contributed by atoms with Crippen molar-refractivity contribution in [1.82, 2.24) is 4.90 Å². The Hall–Kier alpha value is -2.03. The molecule has 1 aliphatic rings. The molecule has 3 heteroatoms. The molecule has 2 aromatic rings. The van der Waals surface area contributed by atoms with Crippen LogP contribution >= 0.6 is 0 Å². The summed E-state index contributed by atoms with van der Waals surface area (Å²) in [4.78, 5) is 2.13. The van der Waals surface area contributed by atoms with Crippen LogP contribution in [0.25, 0.3) is 0 Å². The molecule has 0 bridgehead atoms. The van der Waals surface area contributed by atoms with E-state index in [0.29, 0.717) is 5.84 Å². The van der Waals surface area contributed by atoms with Gasteiger partial charge < -0.3 is 9.32 Å². The lowest BCUT2D eigenvalue weighted by Gasteiger charge is -2.25. The van der Waals surface area contributed by atoms with Gasteiger partial charge in [0.25, 0.3) is 0 Å². The molecule has 3 rings (SSSR count). The summed E-state index contributed by atoms with van der Waals surface area (Å²) in [7, 11) is 0. The molecule has 0 aliphatic carbocycles. The smallest absolute Gasteiger partial charge is 0.129 e. The van der Waals surface area contributed by atoms with Crippen LogP contribution in [0.5, 0.6) is 0 Å². The number of benzene rings is 1. The number of nitrogens with one attached hydrogen (secondary N) is 1. The van der Waals surface area contributed by atoms with Crippen LogP contribution in [0, 0.1) is 19.3 Å². The first-order valence-electron chi connectivity index (χ1n) is 6.58. The molecule has 3 nitrogen and oxygen atoms in total. The molecule has 0 fully saturated rings. The van der Waals surface area contributed by atoms with Crippen LogP contribution in [0.4, 0.5) is 0 Å². The standard InChI is InChI=1S/C16H18N2O/c1-10-8-15(12(3)19-10)11(2)18-9-13-6-4-5-7-14(13)16(18)17/h4-8,11,17H,9H2,1-3H3. The van der Waals surface area contributed by atoms with Crippen molar-refractivity contribution in [3.8, 4) is 0 Å². The van der Waals surface area contributed by atoms with Gasteiger partial charge in [-0.2, -0.15) is 0 Å². The van der Waals surface area contributed by atoms with Crippen molar-refractivity contribution >= 4 is 5.84 Å². The van der Waals surface area contributed by atoms with Crippen LogP contribution < -0.4 is 0 Å². The van der Waals surface area contributed by atoms with E-state index in [9.17, 15) is 0 Å². The van der Waals surface area contributed by atoms with Gasteiger partial charge in [-0.3, -0.25) is 5.41 Å². The number of fused-ring (bicyclic) bond motifs is 1. The zero-order valence-corrected chi connectivity index (χ0v) is 11.5. The number of rotatable bonds is 2. The fourth-order valence-corrected chi connectivity index (χ4v) is 2.87. The topological polar surface area (TPSA) is 40.2 Å². The third-order valence-electron chi connectivity index (χ3n) is 3.90. The zero-order chi connectivity index (χ0) is 13.6. The molecule has 0 amide bonds. The summed E-state index contributed by atoms with van der Waals surface area (Å²) in [6.45, 7) is 6.90. The molecule has 0 spiro atoms. The van der Waals surface area contributed by atoms with E-state index in [1.165, 1.54) is 11.1 Å². The first-order valence-corrected chi connectivity index (χ1v) is 6.58. The van der Waals surface area contributed by atoms with Gasteiger partial charge in [0, 0.05) is 17.7 Å². The summed E-state index contributed by atoms with van der Waals surface area (Å²) in [5.74, 6) is 2.50. The quantitative estimate of drug-likeness (QED) is 0.885. The Morgan fingerprint density at radius 2 is 2.00 bits per heavy atom. The largest absolute Gasteiger partial charge is 0.466 e. The minimum absolute atomic E-state index is 0.164. The van der Waals surface area contributed by atoms with Gasteiger partial charge in [-0.15, -0.1) is 0 Å². The van der Waals surface area contributed by atoms with E-state index >= 15 is 0 Å². The number of furan rings is 1. The van der Waals surface area contributed by atoms with Crippen LogP contribution in [-0.2, 0) is 6.54 Å². The lowest BCUT2D eigenvalue weighted by atomic mass is 10.1. The van der Waals surface area contributed by atoms with Gasteiger partial charge in [-0.1, -0.05) is 24.3 Å². The molecular weight excluding hydrogens is 236 g/mol. The van der Waals surface area contributed by atoms with Gasteiger partial charge in [0.15, 0.2) is 0 Å². The van der Waals surface area contributed by atoms with Crippen LogP contribution in [0.2, 0.25) is 0 Å². The summed E-state index contributed by atoms with van der Waals surface area (Å²) in [5, 5.41) is 8.34. The number of hydrogen-bond acceptors (Lipinski definition) is 2. The average Bonchev–Trinajstić information content (AvgIpc) is 2.90. The molecule has 2 heterocycles. The monoisotopic (exact) mass is 254 g/mol. The highest BCUT2D eigenvalue weighted by molar-refractivity contribution is 6.00. The second kappa shape index (κ2) is 4.26. The molecule has 1 aromatic carbocycles. The van der Waals surface area contributed by atoms with Gasteiger partial charge in [0.1, 0.15) is 17.4 Å². The summed E-state index contributed by atoms with van der Waals surface area (Å²) in [6, 6.07) is 10.4. The van der Waals surface area contributed by atoms with Gasteiger partial charge >= 0.3 is 0 Å². The Bertz CT molecular complexity index is 642. The maximum Gasteiger partial charge on any atom is 0.129 e. The Morgan fingerprint density at radius 1 is 1.26 bits per heavy atom. The van der Waals surface area contributed by atoms with E-state index in [1.807, 2.05) is 32.0 Å². The van der Waals surface area contributed by atoms with E-state index in [2.05, 4.69) is 24.0 Å². The maximum absolute atomic E-state index is 8.34. The fraction of sp³-hybridized carbons (Fsp3) is 0.312. The van der Waals surface area contributed by atoms with Crippen LogP contribution in [0.3, 0.4) is 0 Å². The first kappa shape index (κ1) is 12.0. The maximum atomic E-state index is 8.34. The number of nitrogens with zero attached hydrogens (tertiary/aromatic N) is 1. The predicted molar refractivity (Wildman–Crippen MR) is 75.4 cm³/mol. The third kappa shape index (κ3) is 1.86. The predicted octanol–water partition coefficient (Wildman–Crippen LogP) is 3.80. The minimum Gasteiger partial charge on any atom is -0.466 e. The second-order valence-corrected chi connectivity index (χ2v) is 5.18. The SMILES string of the molecule is Cc1cc(C(C)N2Cc3ccccc3C2=N)c(C)o1. The number of aryl methyl sites for hydroxylation is 2. The Labute approximate surface area is 113 Å². The Morgan fingerprint density at radius 3 is 2.63 bits per heavy atom. The van der Waals surface area contributed by atoms with E-state index in [0.717, 1.165) is 23.6 Å². The van der Waals surface area contributed by atoms with Crippen molar-refractivity contribution in [2.45, 2.75) is 33.4 Å². The molecule has 19 heavy (non-hydrogen) atoms. The third-order valence-corrected chi connectivity index (χ3v) is 3.90. The van der Waals surface area contributed by atoms with Crippen molar-refractivity contribution in [3.63, 3.8) is 0 Å². The second-order valence-electron chi connectivity index (χ2n) is 5.18. The van der Waals surface area contributed by atoms with E-state index < -0.39 is 0 Å². The molecule has 0 radical (unpaired) electrons. The Kier molecular flexibility index (Phi) is 2.70. The summed E-state index contributed by atoms with van der Waals surface area (Å²) >= 11 is 0. The first-order chi connectivity index (χ1) is 9.08. The molecular formula is C16H18N2O. The van der Waals surface area contributed by atoms with Crippen molar-refractivity contribution in [1.29, 1.82) is 5.41 Å². The summed E-state index contributed by atoms with van der Waals surface area (Å²) in [5.41, 5.74) is 3.46. The van der Waals surface area contributed by atoms with Gasteiger partial charge in [-0.05, 0) is 32.4 Å². The summed E-state index contributed by atoms with van der Waals surface area (Å²) < 4.78 is 5.61. The molecule has 1 unspecified atom stereocenters. The van der Waals surface area contributed by atoms with Crippen molar-refractivity contribution < 1.29 is 4.42 Å². The zero-order valence-electron chi connectivity index (χ0n) is 11.5. The van der Waals surface area contributed by atoms with Crippen LogP contribution in [0.15, 0.2) is 34.7 Å². The van der Waals surface area contributed by atoms with E-state index in [4.69, 9.17) is 9.83 Å². The van der Waals surface area contributed by atoms with Crippen molar-refractivity contribution in [3.05, 3.63) is 58.5 Å². The van der Waals surface area contributed by atoms with Crippen molar-refractivity contribution in [2.24, 2.45) is 0 Å². The van der Waals surface area contributed by atoms with Crippen LogP contribution in [0.1, 0.15) is 41.2 Å². The van der Waals surface area contributed by atoms with Crippen molar-refractivity contribution in [2.75, 3.05) is 0 Å². The highest BCUT2D eigenvalue weighted by Crippen LogP contribution is 2.33. The molecule has 1 N–H and O–H groups in total. The van der Waals surface area contributed by atoms with E-state index in [1.54, 1.807) is 0 Å². The molecule has 1 aliphatic heterocycles. The molecule has 1 aromatic heterocycles. The average molecular weight is 254 g/mol. The van der Waals surface area contributed by atoms with Gasteiger partial charge in [0.2, 0.25) is 0 Å². The Balaban J connectivity index is 1.93. The van der Waals surface area contributed by atoms with E-state index in [-0.39, 0.29) is 6.04 Å². The lowest BCUT2D eigenvalue weighted by molar-refractivity contribution is 0.337. The molecule has 1 atom stereocenters. The molecule has 0 saturated carbocycles. The minimum atomic E-state index is 0.164. The normalized spacial score (nSPS) is 15.7. The summed E-state index contributed by atoms with van der Waals surface area (Å²) in [6.07, 6.45) is 0. The number of amidine groups is 1. The van der Waals surface area contributed by atoms with Gasteiger partial charge in [-0.25, -0.2) is 0 Å². The van der Waals surface area contributed by atoms with Crippen LogP contribution in [-0.4, -0.2) is 10.7 Å². The fourth-order valence-electron chi connectivity index (χ4n) is 2.87. The molecule has 98 valence electrons. The highest BCUT2D eigenvalue weighted by atomic mass is 16.3. The lowest BCUT2D eigenvalue weighted by Crippen LogP contribution is -2.27. The van der Waals surface area contributed by atoms with Gasteiger partial charge in [0.05, 0.1) is 6.04 Å². The molecule has 0 saturated heterocycles.